The number of benzene rings is 2. The molecule has 0 bridgehead atoms. The number of aryl methyl sites for hydroxylation is 1. The number of Topliss-reactive ketones (excluding diaryl/α,β-unsaturated/α-hetero) is 1. The number of nitrogens with zero attached hydrogens (tertiary/aromatic N) is 3. The van der Waals surface area contributed by atoms with Crippen LogP contribution in [0.3, 0.4) is 0 Å². The first kappa shape index (κ1) is 25.3. The van der Waals surface area contributed by atoms with Crippen molar-refractivity contribution < 1.29 is 27.6 Å². The van der Waals surface area contributed by atoms with Crippen LogP contribution >= 0.6 is 0 Å². The summed E-state index contributed by atoms with van der Waals surface area (Å²) in [7, 11) is -3.51. The summed E-state index contributed by atoms with van der Waals surface area (Å²) in [5.41, 5.74) is 2.34. The molecule has 0 atom stereocenters. The topological polar surface area (TPSA) is 117 Å². The summed E-state index contributed by atoms with van der Waals surface area (Å²) in [6.07, 6.45) is 1.59. The van der Waals surface area contributed by atoms with Crippen molar-refractivity contribution in [3.05, 3.63) is 76.5 Å². The quantitative estimate of drug-likeness (QED) is 0.319. The normalized spacial score (nSPS) is 15.4. The Morgan fingerprint density at radius 1 is 1.08 bits per heavy atom. The van der Waals surface area contributed by atoms with Crippen LogP contribution in [-0.4, -0.2) is 54.4 Å². The lowest BCUT2D eigenvalue weighted by atomic mass is 9.93. The summed E-state index contributed by atoms with van der Waals surface area (Å²) in [5, 5.41) is 8.36. The van der Waals surface area contributed by atoms with Crippen molar-refractivity contribution in [3.63, 3.8) is 0 Å². The summed E-state index contributed by atoms with van der Waals surface area (Å²) in [6, 6.07) is 11.7. The maximum atomic E-state index is 13.7. The van der Waals surface area contributed by atoms with E-state index < -0.39 is 15.6 Å². The minimum atomic E-state index is -3.51. The molecular weight excluding hydrogens is 482 g/mol. The van der Waals surface area contributed by atoms with Crippen LogP contribution in [0.1, 0.15) is 57.7 Å². The Hall–Kier alpha value is -3.79. The molecule has 3 aromatic rings. The average Bonchev–Trinajstić information content (AvgIpc) is 3.30. The van der Waals surface area contributed by atoms with Crippen LogP contribution < -0.4 is 4.74 Å². The molecule has 1 aromatic heterocycles. The number of fused-ring (bicyclic) bond motifs is 1. The Kier molecular flexibility index (Phi) is 7.35. The van der Waals surface area contributed by atoms with Crippen LogP contribution in [0.25, 0.3) is 0 Å². The van der Waals surface area contributed by atoms with Crippen molar-refractivity contribution in [3.8, 4) is 5.88 Å². The van der Waals surface area contributed by atoms with Crippen molar-refractivity contribution in [2.24, 2.45) is 5.16 Å². The van der Waals surface area contributed by atoms with E-state index in [0.29, 0.717) is 41.1 Å². The van der Waals surface area contributed by atoms with Gasteiger partial charge in [0.2, 0.25) is 5.88 Å². The number of ketones is 2. The summed E-state index contributed by atoms with van der Waals surface area (Å²) in [4.78, 5) is 31.6. The molecule has 0 fully saturated rings. The number of aromatic nitrogens is 2. The van der Waals surface area contributed by atoms with Gasteiger partial charge in [0.05, 0.1) is 22.6 Å². The van der Waals surface area contributed by atoms with E-state index in [1.165, 1.54) is 23.0 Å². The van der Waals surface area contributed by atoms with Gasteiger partial charge in [0, 0.05) is 29.7 Å². The van der Waals surface area contributed by atoms with E-state index in [1.807, 2.05) is 13.0 Å². The van der Waals surface area contributed by atoms with Gasteiger partial charge in [0.15, 0.2) is 28.0 Å². The molecule has 0 spiro atoms. The monoisotopic (exact) mass is 509 g/mol. The van der Waals surface area contributed by atoms with Gasteiger partial charge in [-0.3, -0.25) is 9.59 Å². The number of carbonyl (C=O) groups is 2. The third kappa shape index (κ3) is 4.81. The molecule has 0 amide bonds. The SMILES string of the molecule is CCON=C1CCS(=O)(=O)c2ccc(C(=O)c3cnn(CC)c3OCC(=O)c3ccccc3)c(C)c21. The summed E-state index contributed by atoms with van der Waals surface area (Å²) in [5.74, 6) is -0.518. The maximum Gasteiger partial charge on any atom is 0.223 e. The predicted molar refractivity (Wildman–Crippen MR) is 134 cm³/mol. The number of hydrogen-bond donors (Lipinski definition) is 0. The molecule has 1 aliphatic heterocycles. The van der Waals surface area contributed by atoms with Gasteiger partial charge in [0.1, 0.15) is 12.2 Å². The fourth-order valence-corrected chi connectivity index (χ4v) is 5.68. The Balaban J connectivity index is 1.71. The Morgan fingerprint density at radius 3 is 2.53 bits per heavy atom. The Bertz CT molecular complexity index is 1440. The van der Waals surface area contributed by atoms with E-state index in [-0.39, 0.29) is 40.9 Å². The second kappa shape index (κ2) is 10.4. The van der Waals surface area contributed by atoms with Crippen LogP contribution in [0.15, 0.2) is 58.7 Å². The molecule has 188 valence electrons. The van der Waals surface area contributed by atoms with Crippen molar-refractivity contribution in [1.29, 1.82) is 0 Å². The van der Waals surface area contributed by atoms with Crippen LogP contribution in [0.5, 0.6) is 5.88 Å². The fraction of sp³-hybridized carbons (Fsp3) is 0.308. The molecule has 0 aliphatic carbocycles. The second-order valence-electron chi connectivity index (χ2n) is 8.22. The highest BCUT2D eigenvalue weighted by atomic mass is 32.2. The molecule has 10 heteroatoms. The third-order valence-electron chi connectivity index (χ3n) is 5.98. The zero-order valence-electron chi connectivity index (χ0n) is 20.4. The first-order valence-electron chi connectivity index (χ1n) is 11.7. The van der Waals surface area contributed by atoms with Crippen molar-refractivity contribution >= 4 is 27.1 Å². The summed E-state index contributed by atoms with van der Waals surface area (Å²) < 4.78 is 32.7. The van der Waals surface area contributed by atoms with E-state index in [2.05, 4.69) is 10.3 Å². The number of oxime groups is 1. The number of hydrogen-bond acceptors (Lipinski definition) is 8. The molecule has 0 saturated heterocycles. The number of sulfone groups is 1. The number of rotatable bonds is 9. The molecule has 0 N–H and O–H groups in total. The zero-order valence-corrected chi connectivity index (χ0v) is 21.2. The van der Waals surface area contributed by atoms with E-state index in [1.54, 1.807) is 38.1 Å². The lowest BCUT2D eigenvalue weighted by Crippen LogP contribution is -2.24. The molecule has 4 rings (SSSR count). The molecule has 1 aliphatic rings. The van der Waals surface area contributed by atoms with Gasteiger partial charge >= 0.3 is 0 Å². The highest BCUT2D eigenvalue weighted by Crippen LogP contribution is 2.32. The van der Waals surface area contributed by atoms with Gasteiger partial charge < -0.3 is 9.57 Å². The van der Waals surface area contributed by atoms with E-state index in [0.717, 1.165) is 0 Å². The van der Waals surface area contributed by atoms with Crippen LogP contribution in [0.2, 0.25) is 0 Å². The highest BCUT2D eigenvalue weighted by molar-refractivity contribution is 7.91. The molecule has 2 aromatic carbocycles. The van der Waals surface area contributed by atoms with Gasteiger partial charge in [-0.1, -0.05) is 35.5 Å². The molecular formula is C26H27N3O6S. The van der Waals surface area contributed by atoms with Crippen molar-refractivity contribution in [2.75, 3.05) is 19.0 Å². The van der Waals surface area contributed by atoms with Gasteiger partial charge in [-0.25, -0.2) is 13.1 Å². The Labute approximate surface area is 209 Å². The van der Waals surface area contributed by atoms with Crippen LogP contribution in [-0.2, 0) is 21.2 Å². The lowest BCUT2D eigenvalue weighted by molar-refractivity contribution is 0.0907. The smallest absolute Gasteiger partial charge is 0.223 e. The Morgan fingerprint density at radius 2 is 1.83 bits per heavy atom. The number of ether oxygens (including phenoxy) is 1. The van der Waals surface area contributed by atoms with Gasteiger partial charge in [0.25, 0.3) is 0 Å². The fourth-order valence-electron chi connectivity index (χ4n) is 4.14. The molecule has 0 radical (unpaired) electrons. The zero-order chi connectivity index (χ0) is 25.9. The minimum absolute atomic E-state index is 0.0741. The summed E-state index contributed by atoms with van der Waals surface area (Å²) >= 11 is 0. The number of carbonyl (C=O) groups excluding carboxylic acids is 2. The molecule has 0 unspecified atom stereocenters. The first-order chi connectivity index (χ1) is 17.3. The third-order valence-corrected chi connectivity index (χ3v) is 7.73. The van der Waals surface area contributed by atoms with Crippen molar-refractivity contribution in [2.45, 2.75) is 38.6 Å². The predicted octanol–water partition coefficient (Wildman–Crippen LogP) is 3.62. The molecule has 2 heterocycles. The molecule has 36 heavy (non-hydrogen) atoms. The molecule has 0 saturated carbocycles. The highest BCUT2D eigenvalue weighted by Gasteiger charge is 2.32. The van der Waals surface area contributed by atoms with Gasteiger partial charge in [-0.2, -0.15) is 5.10 Å². The molecule has 9 nitrogen and oxygen atoms in total. The minimum Gasteiger partial charge on any atom is -0.469 e. The van der Waals surface area contributed by atoms with Crippen molar-refractivity contribution in [1.82, 2.24) is 9.78 Å². The van der Waals surface area contributed by atoms with E-state index in [9.17, 15) is 18.0 Å². The second-order valence-corrected chi connectivity index (χ2v) is 10.3. The maximum absolute atomic E-state index is 13.7. The lowest BCUT2D eigenvalue weighted by Gasteiger charge is -2.21. The van der Waals surface area contributed by atoms with Crippen LogP contribution in [0, 0.1) is 6.92 Å². The average molecular weight is 510 g/mol. The standard InChI is InChI=1S/C26H27N3O6S/c1-4-29-26(34-16-22(30)18-9-7-6-8-10-18)20(15-27-29)25(31)19-11-12-23-24(17(19)3)21(28-35-5-2)13-14-36(23,32)33/h6-12,15H,4-5,13-14,16H2,1-3H3. The van der Waals surface area contributed by atoms with Gasteiger partial charge in [-0.05, 0) is 38.5 Å². The summed E-state index contributed by atoms with van der Waals surface area (Å²) in [6.45, 7) is 5.82. The van der Waals surface area contributed by atoms with E-state index >= 15 is 0 Å². The largest absolute Gasteiger partial charge is 0.469 e. The van der Waals surface area contributed by atoms with Gasteiger partial charge in [-0.15, -0.1) is 0 Å². The first-order valence-corrected chi connectivity index (χ1v) is 13.3. The van der Waals surface area contributed by atoms with Crippen LogP contribution in [0.4, 0.5) is 0 Å². The van der Waals surface area contributed by atoms with E-state index in [4.69, 9.17) is 9.57 Å².